The summed E-state index contributed by atoms with van der Waals surface area (Å²) in [6.07, 6.45) is 5.78. The average Bonchev–Trinajstić information content (AvgIpc) is 2.98. The quantitative estimate of drug-likeness (QED) is 0.811. The van der Waals surface area contributed by atoms with Gasteiger partial charge in [0.25, 0.3) is 0 Å². The Morgan fingerprint density at radius 1 is 1.42 bits per heavy atom. The number of Topliss-reactive ketones (excluding diaryl/α,β-unsaturated/α-hetero) is 1. The zero-order chi connectivity index (χ0) is 18.3. The molecule has 1 spiro atoms. The molecule has 4 aliphatic rings. The zero-order valence-electron chi connectivity index (χ0n) is 15.2. The van der Waals surface area contributed by atoms with E-state index in [1.807, 2.05) is 13.0 Å². The number of phenolic OH excluding ortho intramolecular Hbond substituents is 1. The van der Waals surface area contributed by atoms with Crippen LogP contribution in [-0.4, -0.2) is 52.2 Å². The molecule has 138 valence electrons. The molecule has 1 fully saturated rings. The van der Waals surface area contributed by atoms with Crippen LogP contribution in [0, 0.1) is 5.92 Å². The molecule has 1 aromatic carbocycles. The Labute approximate surface area is 153 Å². The second-order valence-electron chi connectivity index (χ2n) is 8.37. The molecule has 2 N–H and O–H groups in total. The van der Waals surface area contributed by atoms with E-state index in [0.29, 0.717) is 24.6 Å². The van der Waals surface area contributed by atoms with Crippen molar-refractivity contribution in [2.24, 2.45) is 5.92 Å². The van der Waals surface area contributed by atoms with E-state index < -0.39 is 17.1 Å². The van der Waals surface area contributed by atoms with E-state index in [9.17, 15) is 15.0 Å². The summed E-state index contributed by atoms with van der Waals surface area (Å²) < 4.78 is 6.24. The van der Waals surface area contributed by atoms with Crippen molar-refractivity contribution in [1.29, 1.82) is 0 Å². The molecule has 5 atom stereocenters. The van der Waals surface area contributed by atoms with Crippen molar-refractivity contribution in [3.63, 3.8) is 0 Å². The van der Waals surface area contributed by atoms with E-state index in [1.165, 1.54) is 5.56 Å². The molecule has 0 radical (unpaired) electrons. The molecule has 2 aliphatic heterocycles. The number of aromatic hydroxyl groups is 1. The van der Waals surface area contributed by atoms with Gasteiger partial charge in [-0.05, 0) is 50.6 Å². The summed E-state index contributed by atoms with van der Waals surface area (Å²) >= 11 is 0. The summed E-state index contributed by atoms with van der Waals surface area (Å²) in [6, 6.07) is 3.98. The number of aliphatic hydroxyl groups is 1. The molecule has 5 nitrogen and oxygen atoms in total. The van der Waals surface area contributed by atoms with Gasteiger partial charge in [0.15, 0.2) is 22.9 Å². The standard InChI is InChI=1S/C21H25NO4/c1-3-4-16(24)21(25)8-7-13-14-11-12-5-6-15(23)18-17(12)20(13,19(21)26-18)9-10-22(14)2/h5-8,13-14,19,23,25H,3-4,9-11H2,1-2H3/t13-,14+,19+,20-,21+/m0/s1. The summed E-state index contributed by atoms with van der Waals surface area (Å²) in [5.41, 5.74) is 0.135. The molecule has 5 heteroatoms. The third-order valence-electron chi connectivity index (χ3n) is 7.16. The first-order valence-electron chi connectivity index (χ1n) is 9.60. The van der Waals surface area contributed by atoms with E-state index in [2.05, 4.69) is 18.0 Å². The van der Waals surface area contributed by atoms with Crippen LogP contribution in [0.5, 0.6) is 11.5 Å². The van der Waals surface area contributed by atoms with Crippen molar-refractivity contribution < 1.29 is 19.7 Å². The van der Waals surface area contributed by atoms with E-state index in [0.717, 1.165) is 24.9 Å². The molecule has 1 aromatic rings. The highest BCUT2D eigenvalue weighted by molar-refractivity contribution is 5.91. The fraction of sp³-hybridized carbons (Fsp3) is 0.571. The molecule has 26 heavy (non-hydrogen) atoms. The highest BCUT2D eigenvalue weighted by atomic mass is 16.5. The number of ketones is 1. The number of hydrogen-bond donors (Lipinski definition) is 2. The molecule has 1 saturated heterocycles. The summed E-state index contributed by atoms with van der Waals surface area (Å²) in [5.74, 6) is 0.571. The Hall–Kier alpha value is -1.85. The molecule has 5 rings (SSSR count). The van der Waals surface area contributed by atoms with Gasteiger partial charge < -0.3 is 19.8 Å². The van der Waals surface area contributed by atoms with Crippen molar-refractivity contribution >= 4 is 5.78 Å². The average molecular weight is 355 g/mol. The number of ether oxygens (including phenoxy) is 1. The van der Waals surface area contributed by atoms with Crippen LogP contribution in [-0.2, 0) is 16.6 Å². The second kappa shape index (κ2) is 5.11. The fourth-order valence-electron chi connectivity index (χ4n) is 5.97. The lowest BCUT2D eigenvalue weighted by Gasteiger charge is -2.58. The Kier molecular flexibility index (Phi) is 3.21. The highest BCUT2D eigenvalue weighted by Crippen LogP contribution is 2.63. The maximum Gasteiger partial charge on any atom is 0.178 e. The predicted molar refractivity (Wildman–Crippen MR) is 96.4 cm³/mol. The van der Waals surface area contributed by atoms with Gasteiger partial charge in [-0.15, -0.1) is 0 Å². The van der Waals surface area contributed by atoms with E-state index in [4.69, 9.17) is 4.74 Å². The van der Waals surface area contributed by atoms with Crippen LogP contribution in [0.3, 0.4) is 0 Å². The Morgan fingerprint density at radius 2 is 2.23 bits per heavy atom. The number of phenols is 1. The van der Waals surface area contributed by atoms with Crippen LogP contribution >= 0.6 is 0 Å². The third kappa shape index (κ3) is 1.71. The van der Waals surface area contributed by atoms with Crippen LogP contribution in [0.2, 0.25) is 0 Å². The molecule has 2 aliphatic carbocycles. The number of nitrogens with zero attached hydrogens (tertiary/aromatic N) is 1. The maximum absolute atomic E-state index is 12.9. The number of carbonyl (C=O) groups is 1. The number of benzene rings is 1. The lowest BCUT2D eigenvalue weighted by molar-refractivity contribution is -0.151. The van der Waals surface area contributed by atoms with Gasteiger partial charge in [-0.1, -0.05) is 19.1 Å². The van der Waals surface area contributed by atoms with Crippen LogP contribution in [0.15, 0.2) is 24.3 Å². The molecule has 2 heterocycles. The Morgan fingerprint density at radius 3 is 3.00 bits per heavy atom. The predicted octanol–water partition coefficient (Wildman–Crippen LogP) is 1.94. The lowest BCUT2D eigenvalue weighted by Crippen LogP contribution is -2.69. The van der Waals surface area contributed by atoms with Gasteiger partial charge in [0.2, 0.25) is 0 Å². The molecule has 0 aromatic heterocycles. The van der Waals surface area contributed by atoms with E-state index in [1.54, 1.807) is 12.1 Å². The van der Waals surface area contributed by atoms with Gasteiger partial charge in [0.1, 0.15) is 6.10 Å². The number of rotatable bonds is 3. The van der Waals surface area contributed by atoms with Crippen molar-refractivity contribution in [2.75, 3.05) is 13.6 Å². The van der Waals surface area contributed by atoms with Crippen LogP contribution in [0.1, 0.15) is 37.3 Å². The van der Waals surface area contributed by atoms with Gasteiger partial charge in [-0.2, -0.15) is 0 Å². The normalized spacial score (nSPS) is 39.4. The van der Waals surface area contributed by atoms with Gasteiger partial charge in [0, 0.05) is 29.4 Å². The van der Waals surface area contributed by atoms with Crippen LogP contribution in [0.4, 0.5) is 0 Å². The Balaban J connectivity index is 1.77. The molecule has 0 unspecified atom stereocenters. The van der Waals surface area contributed by atoms with Gasteiger partial charge in [0.05, 0.1) is 0 Å². The first-order chi connectivity index (χ1) is 12.4. The number of likely N-dealkylation sites (N-methyl/N-ethyl adjacent to an activating group) is 1. The second-order valence-corrected chi connectivity index (χ2v) is 8.37. The first-order valence-corrected chi connectivity index (χ1v) is 9.60. The van der Waals surface area contributed by atoms with Crippen molar-refractivity contribution in [3.05, 3.63) is 35.4 Å². The summed E-state index contributed by atoms with van der Waals surface area (Å²) in [5, 5.41) is 21.9. The number of likely N-dealkylation sites (tertiary alicyclic amines) is 1. The molecule has 2 bridgehead atoms. The number of hydrogen-bond acceptors (Lipinski definition) is 5. The van der Waals surface area contributed by atoms with E-state index >= 15 is 0 Å². The highest BCUT2D eigenvalue weighted by Gasteiger charge is 2.69. The molecule has 0 amide bonds. The summed E-state index contributed by atoms with van der Waals surface area (Å²) in [6.45, 7) is 2.83. The van der Waals surface area contributed by atoms with Crippen LogP contribution in [0.25, 0.3) is 0 Å². The van der Waals surface area contributed by atoms with Crippen molar-refractivity contribution in [3.8, 4) is 11.5 Å². The summed E-state index contributed by atoms with van der Waals surface area (Å²) in [7, 11) is 2.14. The number of carbonyl (C=O) groups excluding carboxylic acids is 1. The monoisotopic (exact) mass is 355 g/mol. The number of piperidine rings is 1. The van der Waals surface area contributed by atoms with E-state index in [-0.39, 0.29) is 17.5 Å². The molecular weight excluding hydrogens is 330 g/mol. The smallest absolute Gasteiger partial charge is 0.178 e. The minimum atomic E-state index is -1.63. The Bertz CT molecular complexity index is 834. The molecular formula is C21H25NO4. The lowest BCUT2D eigenvalue weighted by atomic mass is 9.51. The molecule has 0 saturated carbocycles. The van der Waals surface area contributed by atoms with Crippen molar-refractivity contribution in [1.82, 2.24) is 4.90 Å². The van der Waals surface area contributed by atoms with Gasteiger partial charge >= 0.3 is 0 Å². The van der Waals surface area contributed by atoms with Crippen molar-refractivity contribution in [2.45, 2.75) is 55.8 Å². The topological polar surface area (TPSA) is 70.0 Å². The zero-order valence-corrected chi connectivity index (χ0v) is 15.2. The third-order valence-corrected chi connectivity index (χ3v) is 7.16. The maximum atomic E-state index is 12.9. The summed E-state index contributed by atoms with van der Waals surface area (Å²) in [4.78, 5) is 15.3. The fourth-order valence-corrected chi connectivity index (χ4v) is 5.97. The van der Waals surface area contributed by atoms with Gasteiger partial charge in [-0.3, -0.25) is 4.79 Å². The minimum Gasteiger partial charge on any atom is -0.504 e. The van der Waals surface area contributed by atoms with Crippen LogP contribution < -0.4 is 4.74 Å². The largest absolute Gasteiger partial charge is 0.504 e. The van der Waals surface area contributed by atoms with Gasteiger partial charge in [-0.25, -0.2) is 0 Å². The SMILES string of the molecule is CCCC(=O)[C@]1(O)C=C[C@H]2[C@H]3Cc4ccc(O)c5c4[C@@]2(CCN3C)[C@H]1O5. The minimum absolute atomic E-state index is 0.106. The first kappa shape index (κ1) is 16.3.